The number of halogens is 1. The Kier molecular flexibility index (Phi) is 5.35. The smallest absolute Gasteiger partial charge is 0.243 e. The van der Waals surface area contributed by atoms with Crippen LogP contribution in [0.5, 0.6) is 0 Å². The van der Waals surface area contributed by atoms with Crippen LogP contribution in [-0.2, 0) is 10.0 Å². The lowest BCUT2D eigenvalue weighted by atomic mass is 9.98. The molecule has 2 rings (SSSR count). The van der Waals surface area contributed by atoms with Gasteiger partial charge in [-0.25, -0.2) is 12.8 Å². The third kappa shape index (κ3) is 4.02. The van der Waals surface area contributed by atoms with Crippen LogP contribution >= 0.6 is 0 Å². The second-order valence-electron chi connectivity index (χ2n) is 5.62. The van der Waals surface area contributed by atoms with Gasteiger partial charge in [0.05, 0.1) is 4.90 Å². The Morgan fingerprint density at radius 3 is 2.52 bits per heavy atom. The number of hydrogen-bond acceptors (Lipinski definition) is 3. The summed E-state index contributed by atoms with van der Waals surface area (Å²) in [5.74, 6) is 0.0150. The Morgan fingerprint density at radius 1 is 1.29 bits per heavy atom. The minimum Gasteiger partial charge on any atom is -0.317 e. The molecule has 0 spiro atoms. The third-order valence-electron chi connectivity index (χ3n) is 3.91. The number of benzene rings is 1. The van der Waals surface area contributed by atoms with Gasteiger partial charge >= 0.3 is 0 Å². The van der Waals surface area contributed by atoms with E-state index in [4.69, 9.17) is 0 Å². The molecular formula is C15H23FN2O2S. The fourth-order valence-electron chi connectivity index (χ4n) is 2.70. The van der Waals surface area contributed by atoms with Crippen LogP contribution in [0.25, 0.3) is 0 Å². The van der Waals surface area contributed by atoms with E-state index in [-0.39, 0.29) is 4.90 Å². The Labute approximate surface area is 126 Å². The molecule has 21 heavy (non-hydrogen) atoms. The van der Waals surface area contributed by atoms with Crippen molar-refractivity contribution in [2.45, 2.75) is 31.6 Å². The molecule has 1 saturated heterocycles. The van der Waals surface area contributed by atoms with Crippen LogP contribution in [0.2, 0.25) is 0 Å². The Hall–Kier alpha value is -0.980. The average molecular weight is 314 g/mol. The molecule has 1 aliphatic heterocycles. The maximum Gasteiger partial charge on any atom is 0.243 e. The molecule has 0 aliphatic carbocycles. The fourth-order valence-corrected chi connectivity index (χ4v) is 4.29. The van der Waals surface area contributed by atoms with E-state index >= 15 is 0 Å². The van der Waals surface area contributed by atoms with E-state index in [1.165, 1.54) is 16.4 Å². The van der Waals surface area contributed by atoms with Crippen molar-refractivity contribution in [3.8, 4) is 0 Å². The van der Waals surface area contributed by atoms with E-state index in [1.54, 1.807) is 6.92 Å². The first kappa shape index (κ1) is 16.4. The predicted octanol–water partition coefficient (Wildman–Crippen LogP) is 2.14. The number of hydrogen-bond donors (Lipinski definition) is 1. The van der Waals surface area contributed by atoms with Gasteiger partial charge in [0.2, 0.25) is 10.0 Å². The highest BCUT2D eigenvalue weighted by Crippen LogP contribution is 2.24. The van der Waals surface area contributed by atoms with Gasteiger partial charge in [-0.05, 0) is 62.5 Å². The number of rotatable bonds is 5. The Balaban J connectivity index is 2.07. The van der Waals surface area contributed by atoms with Gasteiger partial charge in [-0.2, -0.15) is 4.31 Å². The fraction of sp³-hybridized carbons (Fsp3) is 0.600. The van der Waals surface area contributed by atoms with E-state index in [9.17, 15) is 12.8 Å². The first-order valence-electron chi connectivity index (χ1n) is 7.41. The topological polar surface area (TPSA) is 49.4 Å². The lowest BCUT2D eigenvalue weighted by molar-refractivity contribution is 0.268. The minimum absolute atomic E-state index is 0.0603. The maximum atomic E-state index is 13.4. The molecule has 1 heterocycles. The van der Waals surface area contributed by atoms with Crippen LogP contribution in [-0.4, -0.2) is 38.9 Å². The van der Waals surface area contributed by atoms with Gasteiger partial charge in [0.25, 0.3) is 0 Å². The van der Waals surface area contributed by atoms with Crippen LogP contribution in [0, 0.1) is 18.7 Å². The van der Waals surface area contributed by atoms with Gasteiger partial charge in [0.1, 0.15) is 5.82 Å². The SMILES string of the molecule is CCNCC1CCN(S(=O)(=O)c2cc(C)cc(F)c2)CC1. The molecule has 0 amide bonds. The van der Waals surface area contributed by atoms with Crippen molar-refractivity contribution < 1.29 is 12.8 Å². The van der Waals surface area contributed by atoms with E-state index in [2.05, 4.69) is 12.2 Å². The second kappa shape index (κ2) is 6.85. The van der Waals surface area contributed by atoms with Gasteiger partial charge < -0.3 is 5.32 Å². The highest BCUT2D eigenvalue weighted by Gasteiger charge is 2.29. The number of nitrogens with one attached hydrogen (secondary N) is 1. The normalized spacial score (nSPS) is 18.0. The molecular weight excluding hydrogens is 291 g/mol. The van der Waals surface area contributed by atoms with Crippen LogP contribution in [0.3, 0.4) is 0 Å². The zero-order valence-corrected chi connectivity index (χ0v) is 13.4. The summed E-state index contributed by atoms with van der Waals surface area (Å²) in [6.45, 7) is 6.64. The molecule has 0 unspecified atom stereocenters. The summed E-state index contributed by atoms with van der Waals surface area (Å²) >= 11 is 0. The van der Waals surface area contributed by atoms with Crippen LogP contribution in [0.1, 0.15) is 25.3 Å². The molecule has 1 aromatic carbocycles. The molecule has 0 saturated carbocycles. The van der Waals surface area contributed by atoms with Crippen LogP contribution in [0.15, 0.2) is 23.1 Å². The Morgan fingerprint density at radius 2 is 1.95 bits per heavy atom. The number of sulfonamides is 1. The van der Waals surface area contributed by atoms with E-state index in [0.29, 0.717) is 24.6 Å². The molecule has 0 radical (unpaired) electrons. The molecule has 1 aliphatic rings. The zero-order chi connectivity index (χ0) is 15.5. The summed E-state index contributed by atoms with van der Waals surface area (Å²) < 4.78 is 40.0. The summed E-state index contributed by atoms with van der Waals surface area (Å²) in [7, 11) is -3.58. The molecule has 118 valence electrons. The minimum atomic E-state index is -3.58. The van der Waals surface area contributed by atoms with Gasteiger partial charge in [-0.3, -0.25) is 0 Å². The average Bonchev–Trinajstić information content (AvgIpc) is 2.44. The van der Waals surface area contributed by atoms with Crippen molar-refractivity contribution in [2.24, 2.45) is 5.92 Å². The van der Waals surface area contributed by atoms with Gasteiger partial charge in [0.15, 0.2) is 0 Å². The molecule has 6 heteroatoms. The molecule has 0 atom stereocenters. The van der Waals surface area contributed by atoms with E-state index < -0.39 is 15.8 Å². The summed E-state index contributed by atoms with van der Waals surface area (Å²) in [4.78, 5) is 0.0603. The molecule has 0 aromatic heterocycles. The van der Waals surface area contributed by atoms with Crippen molar-refractivity contribution >= 4 is 10.0 Å². The number of piperidine rings is 1. The summed E-state index contributed by atoms with van der Waals surface area (Å²) in [6, 6.07) is 3.97. The van der Waals surface area contributed by atoms with Crippen molar-refractivity contribution in [3.63, 3.8) is 0 Å². The number of nitrogens with zero attached hydrogens (tertiary/aromatic N) is 1. The summed E-state index contributed by atoms with van der Waals surface area (Å²) in [6.07, 6.45) is 1.70. The van der Waals surface area contributed by atoms with E-state index in [1.807, 2.05) is 0 Å². The lowest BCUT2D eigenvalue weighted by Crippen LogP contribution is -2.40. The maximum absolute atomic E-state index is 13.4. The number of aryl methyl sites for hydroxylation is 1. The van der Waals surface area contributed by atoms with Crippen LogP contribution in [0.4, 0.5) is 4.39 Å². The molecule has 1 aromatic rings. The van der Waals surface area contributed by atoms with Gasteiger partial charge in [-0.15, -0.1) is 0 Å². The predicted molar refractivity (Wildman–Crippen MR) is 81.2 cm³/mol. The van der Waals surface area contributed by atoms with Crippen molar-refractivity contribution in [3.05, 3.63) is 29.6 Å². The molecule has 1 fully saturated rings. The highest BCUT2D eigenvalue weighted by atomic mass is 32.2. The van der Waals surface area contributed by atoms with Crippen LogP contribution < -0.4 is 5.32 Å². The van der Waals surface area contributed by atoms with Gasteiger partial charge in [-0.1, -0.05) is 6.92 Å². The monoisotopic (exact) mass is 314 g/mol. The Bertz CT molecular complexity index is 561. The third-order valence-corrected chi connectivity index (χ3v) is 5.79. The second-order valence-corrected chi connectivity index (χ2v) is 7.56. The van der Waals surface area contributed by atoms with Crippen molar-refractivity contribution in [1.82, 2.24) is 9.62 Å². The summed E-state index contributed by atoms with van der Waals surface area (Å²) in [5.41, 5.74) is 0.621. The zero-order valence-electron chi connectivity index (χ0n) is 12.6. The van der Waals surface area contributed by atoms with E-state index in [0.717, 1.165) is 32.0 Å². The molecule has 1 N–H and O–H groups in total. The lowest BCUT2D eigenvalue weighted by Gasteiger charge is -2.31. The standard InChI is InChI=1S/C15H23FN2O2S/c1-3-17-11-13-4-6-18(7-5-13)21(19,20)15-9-12(2)8-14(16)10-15/h8-10,13,17H,3-7,11H2,1-2H3. The van der Waals surface area contributed by atoms with Crippen molar-refractivity contribution in [1.29, 1.82) is 0 Å². The van der Waals surface area contributed by atoms with Gasteiger partial charge in [0, 0.05) is 13.1 Å². The quantitative estimate of drug-likeness (QED) is 0.906. The first-order chi connectivity index (χ1) is 9.93. The van der Waals surface area contributed by atoms with Crippen molar-refractivity contribution in [2.75, 3.05) is 26.2 Å². The highest BCUT2D eigenvalue weighted by molar-refractivity contribution is 7.89. The summed E-state index contributed by atoms with van der Waals surface area (Å²) in [5, 5.41) is 3.30. The molecule has 4 nitrogen and oxygen atoms in total. The molecule has 0 bridgehead atoms. The largest absolute Gasteiger partial charge is 0.317 e. The first-order valence-corrected chi connectivity index (χ1v) is 8.85.